The van der Waals surface area contributed by atoms with Crippen LogP contribution < -0.4 is 5.73 Å². The number of nitro groups is 1. The van der Waals surface area contributed by atoms with Gasteiger partial charge in [0.05, 0.1) is 10.5 Å². The van der Waals surface area contributed by atoms with Gasteiger partial charge in [0.2, 0.25) is 0 Å². The maximum Gasteiger partial charge on any atom is 0.270 e. The number of aromatic nitrogens is 1. The van der Waals surface area contributed by atoms with Gasteiger partial charge in [-0.15, -0.1) is 0 Å². The standard InChI is InChI=1S/C18H12FN3O4.2C2H6/c19-16-3-2-13(22(25)26)7-14(16)11-6-15(18(20)21-8-11)10-1-4-17(24)12(5-10)9-23;2*1-2/h1-9,24H,(H2,20,21);2*1-2H3. The van der Waals surface area contributed by atoms with Crippen molar-refractivity contribution in [3.8, 4) is 28.0 Å². The molecule has 0 saturated heterocycles. The molecule has 0 atom stereocenters. The molecule has 2 aromatic carbocycles. The van der Waals surface area contributed by atoms with Crippen molar-refractivity contribution in [2.45, 2.75) is 27.7 Å². The summed E-state index contributed by atoms with van der Waals surface area (Å²) >= 11 is 0. The van der Waals surface area contributed by atoms with Crippen LogP contribution in [0.4, 0.5) is 15.9 Å². The molecule has 3 rings (SSSR count). The Morgan fingerprint density at radius 2 is 1.70 bits per heavy atom. The summed E-state index contributed by atoms with van der Waals surface area (Å²) in [5.74, 6) is -0.703. The monoisotopic (exact) mass is 413 g/mol. The summed E-state index contributed by atoms with van der Waals surface area (Å²) in [5, 5.41) is 20.5. The van der Waals surface area contributed by atoms with Crippen molar-refractivity contribution < 1.29 is 19.2 Å². The van der Waals surface area contributed by atoms with E-state index in [2.05, 4.69) is 4.98 Å². The first-order valence-electron chi connectivity index (χ1n) is 9.39. The summed E-state index contributed by atoms with van der Waals surface area (Å²) in [4.78, 5) is 25.3. The highest BCUT2D eigenvalue weighted by Crippen LogP contribution is 2.33. The van der Waals surface area contributed by atoms with Gasteiger partial charge in [-0.3, -0.25) is 14.9 Å². The lowest BCUT2D eigenvalue weighted by atomic mass is 9.99. The number of pyridine rings is 1. The number of nitrogen functional groups attached to an aromatic ring is 1. The third kappa shape index (κ3) is 5.38. The Morgan fingerprint density at radius 1 is 1.03 bits per heavy atom. The maximum absolute atomic E-state index is 14.2. The van der Waals surface area contributed by atoms with Gasteiger partial charge in [-0.1, -0.05) is 33.8 Å². The van der Waals surface area contributed by atoms with Crippen LogP contribution in [0, 0.1) is 15.9 Å². The van der Waals surface area contributed by atoms with E-state index in [0.29, 0.717) is 17.4 Å². The van der Waals surface area contributed by atoms with Crippen molar-refractivity contribution in [1.82, 2.24) is 4.98 Å². The van der Waals surface area contributed by atoms with Crippen LogP contribution >= 0.6 is 0 Å². The number of phenolic OH excluding ortho intramolecular Hbond substituents is 1. The second-order valence-electron chi connectivity index (χ2n) is 5.47. The highest BCUT2D eigenvalue weighted by molar-refractivity contribution is 5.86. The highest BCUT2D eigenvalue weighted by Gasteiger charge is 2.15. The number of carbonyl (C=O) groups is 1. The van der Waals surface area contributed by atoms with Crippen LogP contribution in [0.1, 0.15) is 38.1 Å². The van der Waals surface area contributed by atoms with Gasteiger partial charge in [-0.2, -0.15) is 0 Å². The quantitative estimate of drug-likeness (QED) is 0.326. The minimum atomic E-state index is -0.646. The minimum absolute atomic E-state index is 0.00217. The van der Waals surface area contributed by atoms with E-state index in [1.54, 1.807) is 0 Å². The van der Waals surface area contributed by atoms with Crippen molar-refractivity contribution in [3.63, 3.8) is 0 Å². The Hall–Kier alpha value is -3.81. The number of hydrogen-bond donors (Lipinski definition) is 2. The molecule has 0 aliphatic heterocycles. The molecule has 3 aromatic rings. The molecule has 0 radical (unpaired) electrons. The average molecular weight is 413 g/mol. The number of aromatic hydroxyl groups is 1. The molecule has 3 N–H and O–H groups in total. The number of anilines is 1. The number of rotatable bonds is 4. The lowest BCUT2D eigenvalue weighted by Gasteiger charge is -2.10. The number of non-ortho nitro benzene ring substituents is 1. The summed E-state index contributed by atoms with van der Waals surface area (Å²) in [5.41, 5.74) is 6.87. The van der Waals surface area contributed by atoms with Crippen molar-refractivity contribution in [2.75, 3.05) is 5.73 Å². The largest absolute Gasteiger partial charge is 0.507 e. The Morgan fingerprint density at radius 3 is 2.30 bits per heavy atom. The van der Waals surface area contributed by atoms with E-state index in [-0.39, 0.29) is 33.9 Å². The van der Waals surface area contributed by atoms with Gasteiger partial charge in [0.15, 0.2) is 6.29 Å². The number of nitrogens with two attached hydrogens (primary N) is 1. The van der Waals surface area contributed by atoms with Crippen LogP contribution in [0.5, 0.6) is 5.75 Å². The van der Waals surface area contributed by atoms with Gasteiger partial charge in [-0.25, -0.2) is 9.37 Å². The Bertz CT molecular complexity index is 1040. The molecule has 1 heterocycles. The SMILES string of the molecule is CC.CC.Nc1ncc(-c2cc([N+](=O)[O-])ccc2F)cc1-c1ccc(O)c(C=O)c1. The normalized spacial score (nSPS) is 9.50. The van der Waals surface area contributed by atoms with E-state index in [9.17, 15) is 24.4 Å². The number of carbonyl (C=O) groups excluding carboxylic acids is 1. The zero-order valence-corrected chi connectivity index (χ0v) is 17.2. The topological polar surface area (TPSA) is 119 Å². The predicted octanol–water partition coefficient (Wildman–Crippen LogP) is 5.62. The third-order valence-corrected chi connectivity index (χ3v) is 3.86. The molecule has 0 aliphatic rings. The summed E-state index contributed by atoms with van der Waals surface area (Å²) < 4.78 is 14.2. The number of benzene rings is 2. The van der Waals surface area contributed by atoms with Crippen molar-refractivity contribution in [3.05, 3.63) is 70.2 Å². The molecule has 0 spiro atoms. The van der Waals surface area contributed by atoms with Gasteiger partial charge in [0.25, 0.3) is 5.69 Å². The molecule has 0 fully saturated rings. The molecule has 158 valence electrons. The van der Waals surface area contributed by atoms with Crippen LogP contribution in [-0.2, 0) is 0 Å². The fourth-order valence-electron chi connectivity index (χ4n) is 2.52. The molecule has 0 saturated carbocycles. The number of halogens is 1. The maximum atomic E-state index is 14.2. The molecular weight excluding hydrogens is 389 g/mol. The van der Waals surface area contributed by atoms with Crippen LogP contribution in [0.15, 0.2) is 48.7 Å². The van der Waals surface area contributed by atoms with E-state index in [0.717, 1.165) is 18.2 Å². The van der Waals surface area contributed by atoms with Crippen molar-refractivity contribution in [1.29, 1.82) is 0 Å². The first kappa shape index (κ1) is 24.2. The van der Waals surface area contributed by atoms with Crippen molar-refractivity contribution >= 4 is 17.8 Å². The fourth-order valence-corrected chi connectivity index (χ4v) is 2.52. The Kier molecular flexibility index (Phi) is 9.09. The van der Waals surface area contributed by atoms with E-state index in [4.69, 9.17) is 5.73 Å². The summed E-state index contributed by atoms with van der Waals surface area (Å²) in [6.07, 6.45) is 1.80. The number of phenols is 1. The molecule has 0 aliphatic carbocycles. The van der Waals surface area contributed by atoms with E-state index >= 15 is 0 Å². The van der Waals surface area contributed by atoms with Gasteiger partial charge in [0, 0.05) is 35.0 Å². The second kappa shape index (κ2) is 11.3. The first-order valence-corrected chi connectivity index (χ1v) is 9.39. The zero-order chi connectivity index (χ0) is 22.8. The van der Waals surface area contributed by atoms with E-state index < -0.39 is 10.7 Å². The van der Waals surface area contributed by atoms with Crippen LogP contribution in [-0.4, -0.2) is 21.3 Å². The lowest BCUT2D eigenvalue weighted by Crippen LogP contribution is -1.97. The van der Waals surface area contributed by atoms with Crippen LogP contribution in [0.2, 0.25) is 0 Å². The predicted molar refractivity (Wildman–Crippen MR) is 116 cm³/mol. The number of aldehydes is 1. The molecular formula is C22H24FN3O4. The van der Waals surface area contributed by atoms with Gasteiger partial charge >= 0.3 is 0 Å². The van der Waals surface area contributed by atoms with Crippen molar-refractivity contribution in [2.24, 2.45) is 0 Å². The fraction of sp³-hybridized carbons (Fsp3) is 0.182. The molecule has 1 aromatic heterocycles. The molecule has 30 heavy (non-hydrogen) atoms. The third-order valence-electron chi connectivity index (χ3n) is 3.86. The molecule has 7 nitrogen and oxygen atoms in total. The smallest absolute Gasteiger partial charge is 0.270 e. The molecule has 0 amide bonds. The first-order chi connectivity index (χ1) is 14.4. The lowest BCUT2D eigenvalue weighted by molar-refractivity contribution is -0.384. The van der Waals surface area contributed by atoms with Gasteiger partial charge in [0.1, 0.15) is 17.4 Å². The molecule has 8 heteroatoms. The highest BCUT2D eigenvalue weighted by atomic mass is 19.1. The second-order valence-corrected chi connectivity index (χ2v) is 5.47. The average Bonchev–Trinajstić information content (AvgIpc) is 2.77. The van der Waals surface area contributed by atoms with E-state index in [1.807, 2.05) is 27.7 Å². The summed E-state index contributed by atoms with van der Waals surface area (Å²) in [7, 11) is 0. The Labute approximate surface area is 174 Å². The van der Waals surface area contributed by atoms with Crippen LogP contribution in [0.3, 0.4) is 0 Å². The molecule has 0 unspecified atom stereocenters. The Balaban J connectivity index is 0.00000106. The van der Waals surface area contributed by atoms with Crippen LogP contribution in [0.25, 0.3) is 22.3 Å². The number of nitrogens with zero attached hydrogens (tertiary/aromatic N) is 2. The molecule has 0 bridgehead atoms. The number of nitro benzene ring substituents is 1. The van der Waals surface area contributed by atoms with E-state index in [1.165, 1.54) is 30.5 Å². The minimum Gasteiger partial charge on any atom is -0.507 e. The zero-order valence-electron chi connectivity index (χ0n) is 17.2. The number of hydrogen-bond acceptors (Lipinski definition) is 6. The summed E-state index contributed by atoms with van der Waals surface area (Å²) in [6.45, 7) is 8.00. The summed E-state index contributed by atoms with van der Waals surface area (Å²) in [6, 6.07) is 8.99. The van der Waals surface area contributed by atoms with Gasteiger partial charge < -0.3 is 10.8 Å². The van der Waals surface area contributed by atoms with Gasteiger partial charge in [-0.05, 0) is 29.8 Å².